The molecule has 0 fully saturated rings. The zero-order chi connectivity index (χ0) is 16.1. The summed E-state index contributed by atoms with van der Waals surface area (Å²) in [5.41, 5.74) is 3.49. The predicted molar refractivity (Wildman–Crippen MR) is 97.3 cm³/mol. The van der Waals surface area contributed by atoms with Crippen molar-refractivity contribution in [3.63, 3.8) is 0 Å². The van der Waals surface area contributed by atoms with Crippen LogP contribution in [0.4, 0.5) is 0 Å². The van der Waals surface area contributed by atoms with E-state index in [1.807, 2.05) is 24.3 Å². The third kappa shape index (κ3) is 3.63. The molecule has 3 rings (SSSR count). The van der Waals surface area contributed by atoms with Gasteiger partial charge in [0.05, 0.1) is 14.2 Å². The van der Waals surface area contributed by atoms with Crippen molar-refractivity contribution in [1.29, 1.82) is 0 Å². The maximum Gasteiger partial charge on any atom is 0.118 e. The molecule has 0 spiro atoms. The normalized spacial score (nSPS) is 10.2. The largest absolute Gasteiger partial charge is 0.497 e. The van der Waals surface area contributed by atoms with E-state index < -0.39 is 0 Å². The predicted octanol–water partition coefficient (Wildman–Crippen LogP) is 5.35. The molecule has 0 bridgehead atoms. The first-order valence-electron chi connectivity index (χ1n) is 7.34. The van der Waals surface area contributed by atoms with Gasteiger partial charge in [-0.15, -0.1) is 11.3 Å². The molecular weight excluding hydrogens is 304 g/mol. The smallest absolute Gasteiger partial charge is 0.118 e. The summed E-state index contributed by atoms with van der Waals surface area (Å²) in [6, 6.07) is 20.5. The lowest BCUT2D eigenvalue weighted by Crippen LogP contribution is -1.90. The minimum absolute atomic E-state index is 0.860. The van der Waals surface area contributed by atoms with Gasteiger partial charge in [0.1, 0.15) is 11.5 Å². The van der Waals surface area contributed by atoms with Gasteiger partial charge in [-0.25, -0.2) is 0 Å². The van der Waals surface area contributed by atoms with Crippen molar-refractivity contribution in [1.82, 2.24) is 0 Å². The number of hydrogen-bond acceptors (Lipinski definition) is 3. The van der Waals surface area contributed by atoms with E-state index in [1.54, 1.807) is 25.6 Å². The fourth-order valence-corrected chi connectivity index (χ4v) is 3.05. The lowest BCUT2D eigenvalue weighted by molar-refractivity contribution is 0.414. The monoisotopic (exact) mass is 322 g/mol. The molecule has 0 saturated heterocycles. The highest BCUT2D eigenvalue weighted by Gasteiger charge is 2.07. The van der Waals surface area contributed by atoms with E-state index in [2.05, 4.69) is 47.9 Å². The van der Waals surface area contributed by atoms with Crippen LogP contribution in [-0.4, -0.2) is 14.2 Å². The molecule has 0 N–H and O–H groups in total. The fraction of sp³-hybridized carbons (Fsp3) is 0.100. The van der Waals surface area contributed by atoms with E-state index >= 15 is 0 Å². The van der Waals surface area contributed by atoms with Crippen LogP contribution >= 0.6 is 11.3 Å². The van der Waals surface area contributed by atoms with Crippen molar-refractivity contribution in [2.24, 2.45) is 0 Å². The molecule has 3 aromatic rings. The molecule has 0 aliphatic rings. The van der Waals surface area contributed by atoms with Gasteiger partial charge < -0.3 is 9.47 Å². The second-order valence-electron chi connectivity index (χ2n) is 5.03. The lowest BCUT2D eigenvalue weighted by Gasteiger charge is -2.10. The Morgan fingerprint density at radius 3 is 1.70 bits per heavy atom. The SMILES string of the molecule is COc1ccc(C(=Cc2cccs2)c2ccc(OC)cc2)cc1. The molecule has 2 aromatic carbocycles. The van der Waals surface area contributed by atoms with E-state index in [0.717, 1.165) is 22.6 Å². The van der Waals surface area contributed by atoms with Gasteiger partial charge >= 0.3 is 0 Å². The summed E-state index contributed by atoms with van der Waals surface area (Å²) in [6.45, 7) is 0. The summed E-state index contributed by atoms with van der Waals surface area (Å²) in [4.78, 5) is 1.23. The Morgan fingerprint density at radius 1 is 0.783 bits per heavy atom. The second-order valence-corrected chi connectivity index (χ2v) is 6.01. The number of thiophene rings is 1. The summed E-state index contributed by atoms with van der Waals surface area (Å²) >= 11 is 1.73. The van der Waals surface area contributed by atoms with Gasteiger partial charge in [0.15, 0.2) is 0 Å². The van der Waals surface area contributed by atoms with Crippen LogP contribution in [0.25, 0.3) is 11.6 Å². The van der Waals surface area contributed by atoms with Crippen LogP contribution in [0.5, 0.6) is 11.5 Å². The van der Waals surface area contributed by atoms with Crippen molar-refractivity contribution in [3.05, 3.63) is 82.0 Å². The Bertz CT molecular complexity index is 720. The molecule has 116 valence electrons. The number of ether oxygens (including phenoxy) is 2. The lowest BCUT2D eigenvalue weighted by atomic mass is 9.97. The third-order valence-corrected chi connectivity index (χ3v) is 4.45. The minimum Gasteiger partial charge on any atom is -0.497 e. The zero-order valence-corrected chi connectivity index (χ0v) is 14.0. The van der Waals surface area contributed by atoms with Gasteiger partial charge in [-0.05, 0) is 58.5 Å². The molecule has 3 heteroatoms. The summed E-state index contributed by atoms with van der Waals surface area (Å²) in [5.74, 6) is 1.72. The van der Waals surface area contributed by atoms with Crippen molar-refractivity contribution in [2.45, 2.75) is 0 Å². The van der Waals surface area contributed by atoms with Gasteiger partial charge in [-0.3, -0.25) is 0 Å². The van der Waals surface area contributed by atoms with Gasteiger partial charge in [-0.2, -0.15) is 0 Å². The average Bonchev–Trinajstić information content (AvgIpc) is 3.13. The van der Waals surface area contributed by atoms with E-state index in [0.29, 0.717) is 0 Å². The van der Waals surface area contributed by atoms with Crippen LogP contribution in [0.2, 0.25) is 0 Å². The topological polar surface area (TPSA) is 18.5 Å². The van der Waals surface area contributed by atoms with Gasteiger partial charge in [0.2, 0.25) is 0 Å². The first kappa shape index (κ1) is 15.4. The van der Waals surface area contributed by atoms with E-state index in [4.69, 9.17) is 9.47 Å². The zero-order valence-electron chi connectivity index (χ0n) is 13.2. The highest BCUT2D eigenvalue weighted by Crippen LogP contribution is 2.29. The molecular formula is C20H18O2S. The van der Waals surface area contributed by atoms with Crippen LogP contribution in [0.1, 0.15) is 16.0 Å². The Hall–Kier alpha value is -2.52. The maximum absolute atomic E-state index is 5.26. The number of benzene rings is 2. The van der Waals surface area contributed by atoms with Gasteiger partial charge in [0.25, 0.3) is 0 Å². The highest BCUT2D eigenvalue weighted by molar-refractivity contribution is 7.10. The van der Waals surface area contributed by atoms with Crippen molar-refractivity contribution in [2.75, 3.05) is 14.2 Å². The quantitative estimate of drug-likeness (QED) is 0.630. The average molecular weight is 322 g/mol. The highest BCUT2D eigenvalue weighted by atomic mass is 32.1. The van der Waals surface area contributed by atoms with Crippen LogP contribution < -0.4 is 9.47 Å². The Morgan fingerprint density at radius 2 is 1.30 bits per heavy atom. The molecule has 0 atom stereocenters. The van der Waals surface area contributed by atoms with E-state index in [1.165, 1.54) is 10.5 Å². The van der Waals surface area contributed by atoms with E-state index in [9.17, 15) is 0 Å². The van der Waals surface area contributed by atoms with Crippen molar-refractivity contribution >= 4 is 23.0 Å². The summed E-state index contributed by atoms with van der Waals surface area (Å²) in [7, 11) is 3.36. The number of rotatable bonds is 5. The third-order valence-electron chi connectivity index (χ3n) is 3.63. The van der Waals surface area contributed by atoms with Crippen LogP contribution in [0, 0.1) is 0 Å². The molecule has 0 radical (unpaired) electrons. The molecule has 1 aromatic heterocycles. The summed E-state index contributed by atoms with van der Waals surface area (Å²) in [6.07, 6.45) is 2.22. The first-order valence-corrected chi connectivity index (χ1v) is 8.22. The molecule has 0 unspecified atom stereocenters. The summed E-state index contributed by atoms with van der Waals surface area (Å²) < 4.78 is 10.5. The molecule has 0 saturated carbocycles. The van der Waals surface area contributed by atoms with Crippen LogP contribution in [0.15, 0.2) is 66.0 Å². The standard InChI is InChI=1S/C20H18O2S/c1-21-17-9-5-15(6-10-17)20(14-19-4-3-13-23-19)16-7-11-18(22-2)12-8-16/h3-14H,1-2H3. The first-order chi connectivity index (χ1) is 11.3. The molecule has 0 amide bonds. The number of hydrogen-bond donors (Lipinski definition) is 0. The minimum atomic E-state index is 0.860. The molecule has 2 nitrogen and oxygen atoms in total. The van der Waals surface area contributed by atoms with E-state index in [-0.39, 0.29) is 0 Å². The van der Waals surface area contributed by atoms with Crippen molar-refractivity contribution in [3.8, 4) is 11.5 Å². The molecule has 0 aliphatic carbocycles. The fourth-order valence-electron chi connectivity index (χ4n) is 2.39. The van der Waals surface area contributed by atoms with Gasteiger partial charge in [-0.1, -0.05) is 30.3 Å². The number of methoxy groups -OCH3 is 2. The molecule has 23 heavy (non-hydrogen) atoms. The Balaban J connectivity index is 2.05. The Labute approximate surface area is 140 Å². The maximum atomic E-state index is 5.26. The van der Waals surface area contributed by atoms with Crippen molar-refractivity contribution < 1.29 is 9.47 Å². The van der Waals surface area contributed by atoms with Crippen LogP contribution in [-0.2, 0) is 0 Å². The van der Waals surface area contributed by atoms with Gasteiger partial charge in [0, 0.05) is 4.88 Å². The second kappa shape index (κ2) is 7.16. The summed E-state index contributed by atoms with van der Waals surface area (Å²) in [5, 5.41) is 2.09. The molecule has 1 heterocycles. The Kier molecular flexibility index (Phi) is 4.79. The molecule has 0 aliphatic heterocycles. The van der Waals surface area contributed by atoms with Crippen LogP contribution in [0.3, 0.4) is 0 Å².